The highest BCUT2D eigenvalue weighted by atomic mass is 35.5. The van der Waals surface area contributed by atoms with Crippen LogP contribution in [0.5, 0.6) is 11.6 Å². The monoisotopic (exact) mass is 341 g/mol. The molecule has 0 radical (unpaired) electrons. The Kier molecular flexibility index (Phi) is 3.39. The van der Waals surface area contributed by atoms with Gasteiger partial charge in [-0.2, -0.15) is 0 Å². The van der Waals surface area contributed by atoms with E-state index in [1.807, 2.05) is 24.3 Å². The normalized spacial score (nSPS) is 11.3. The molecule has 1 aromatic carbocycles. The maximum absolute atomic E-state index is 6.24. The second-order valence-electron chi connectivity index (χ2n) is 5.19. The van der Waals surface area contributed by atoms with Gasteiger partial charge in [-0.1, -0.05) is 11.6 Å². The molecule has 0 unspecified atom stereocenters. The third kappa shape index (κ3) is 2.33. The first-order valence-corrected chi connectivity index (χ1v) is 8.26. The summed E-state index contributed by atoms with van der Waals surface area (Å²) in [6.45, 7) is 4.13. The molecule has 0 saturated heterocycles. The lowest BCUT2D eigenvalue weighted by Crippen LogP contribution is -1.93. The van der Waals surface area contributed by atoms with Crippen molar-refractivity contribution in [3.63, 3.8) is 0 Å². The van der Waals surface area contributed by atoms with E-state index in [1.54, 1.807) is 17.5 Å². The number of hydrogen-bond donors (Lipinski definition) is 0. The summed E-state index contributed by atoms with van der Waals surface area (Å²) < 4.78 is 6.09. The Morgan fingerprint density at radius 2 is 1.96 bits per heavy atom. The van der Waals surface area contributed by atoms with E-state index in [0.29, 0.717) is 16.7 Å². The lowest BCUT2D eigenvalue weighted by atomic mass is 10.2. The largest absolute Gasteiger partial charge is 0.436 e. The number of nitrogens with zero attached hydrogens (tertiary/aromatic N) is 3. The molecule has 4 nitrogen and oxygen atoms in total. The summed E-state index contributed by atoms with van der Waals surface area (Å²) in [4.78, 5) is 15.2. The van der Waals surface area contributed by atoms with Crippen LogP contribution >= 0.6 is 22.9 Å². The molecule has 0 amide bonds. The number of benzene rings is 1. The number of thiophene rings is 1. The van der Waals surface area contributed by atoms with Crippen molar-refractivity contribution in [2.24, 2.45) is 0 Å². The fourth-order valence-electron chi connectivity index (χ4n) is 2.53. The molecular formula is C17H12ClN3OS. The molecule has 0 aliphatic heterocycles. The van der Waals surface area contributed by atoms with Gasteiger partial charge in [0.15, 0.2) is 5.75 Å². The standard InChI is InChI=1S/C17H12ClN3OS/c1-9-10(2)23-17-14(9)16(20-8-21-17)22-13-6-5-12(18)11-4-3-7-19-15(11)13/h3-8H,1-2H3. The zero-order chi connectivity index (χ0) is 16.0. The number of halogens is 1. The lowest BCUT2D eigenvalue weighted by molar-refractivity contribution is 0.472. The van der Waals surface area contributed by atoms with Crippen LogP contribution in [0.15, 0.2) is 36.8 Å². The molecule has 23 heavy (non-hydrogen) atoms. The Hall–Kier alpha value is -2.24. The average molecular weight is 342 g/mol. The Bertz CT molecular complexity index is 1040. The molecule has 0 aliphatic carbocycles. The maximum Gasteiger partial charge on any atom is 0.231 e. The zero-order valence-corrected chi connectivity index (χ0v) is 14.1. The fourth-order valence-corrected chi connectivity index (χ4v) is 3.73. The Balaban J connectivity index is 1.91. The van der Waals surface area contributed by atoms with Crippen molar-refractivity contribution < 1.29 is 4.74 Å². The van der Waals surface area contributed by atoms with Gasteiger partial charge in [0, 0.05) is 16.5 Å². The molecular weight excluding hydrogens is 330 g/mol. The van der Waals surface area contributed by atoms with Crippen molar-refractivity contribution in [1.82, 2.24) is 15.0 Å². The highest BCUT2D eigenvalue weighted by molar-refractivity contribution is 7.18. The van der Waals surface area contributed by atoms with Gasteiger partial charge in [-0.05, 0) is 43.7 Å². The van der Waals surface area contributed by atoms with Gasteiger partial charge in [-0.15, -0.1) is 11.3 Å². The number of aromatic nitrogens is 3. The number of ether oxygens (including phenoxy) is 1. The highest BCUT2D eigenvalue weighted by Crippen LogP contribution is 2.38. The van der Waals surface area contributed by atoms with Gasteiger partial charge in [0.25, 0.3) is 0 Å². The first-order chi connectivity index (χ1) is 11.1. The van der Waals surface area contributed by atoms with E-state index in [2.05, 4.69) is 28.8 Å². The molecule has 0 bridgehead atoms. The van der Waals surface area contributed by atoms with E-state index in [4.69, 9.17) is 16.3 Å². The van der Waals surface area contributed by atoms with Crippen LogP contribution in [0.3, 0.4) is 0 Å². The van der Waals surface area contributed by atoms with Gasteiger partial charge in [0.2, 0.25) is 5.88 Å². The lowest BCUT2D eigenvalue weighted by Gasteiger charge is -2.09. The van der Waals surface area contributed by atoms with Crippen LogP contribution in [0.2, 0.25) is 5.02 Å². The van der Waals surface area contributed by atoms with Crippen molar-refractivity contribution >= 4 is 44.1 Å². The Labute approximate surface area is 141 Å². The second kappa shape index (κ2) is 5.44. The van der Waals surface area contributed by atoms with Crippen molar-refractivity contribution in [3.8, 4) is 11.6 Å². The summed E-state index contributed by atoms with van der Waals surface area (Å²) in [5.74, 6) is 1.18. The maximum atomic E-state index is 6.24. The number of fused-ring (bicyclic) bond motifs is 2. The SMILES string of the molecule is Cc1sc2ncnc(Oc3ccc(Cl)c4cccnc34)c2c1C. The van der Waals surface area contributed by atoms with Crippen LogP contribution in [-0.2, 0) is 0 Å². The van der Waals surface area contributed by atoms with Crippen LogP contribution in [0.25, 0.3) is 21.1 Å². The third-order valence-electron chi connectivity index (χ3n) is 3.82. The van der Waals surface area contributed by atoms with E-state index in [9.17, 15) is 0 Å². The molecule has 4 rings (SSSR count). The number of hydrogen-bond acceptors (Lipinski definition) is 5. The van der Waals surface area contributed by atoms with E-state index in [-0.39, 0.29) is 0 Å². The molecule has 0 N–H and O–H groups in total. The molecule has 3 heterocycles. The second-order valence-corrected chi connectivity index (χ2v) is 6.80. The summed E-state index contributed by atoms with van der Waals surface area (Å²) in [5, 5.41) is 2.46. The van der Waals surface area contributed by atoms with Crippen LogP contribution in [-0.4, -0.2) is 15.0 Å². The van der Waals surface area contributed by atoms with Crippen molar-refractivity contribution in [2.75, 3.05) is 0 Å². The van der Waals surface area contributed by atoms with Gasteiger partial charge in [-0.3, -0.25) is 4.98 Å². The molecule has 114 valence electrons. The smallest absolute Gasteiger partial charge is 0.231 e. The quantitative estimate of drug-likeness (QED) is 0.496. The van der Waals surface area contributed by atoms with Gasteiger partial charge in [-0.25, -0.2) is 9.97 Å². The van der Waals surface area contributed by atoms with Crippen LogP contribution < -0.4 is 4.74 Å². The molecule has 0 spiro atoms. The molecule has 0 saturated carbocycles. The van der Waals surface area contributed by atoms with Crippen LogP contribution in [0, 0.1) is 13.8 Å². The Morgan fingerprint density at radius 1 is 1.09 bits per heavy atom. The number of rotatable bonds is 2. The number of pyridine rings is 1. The van der Waals surface area contributed by atoms with E-state index < -0.39 is 0 Å². The first-order valence-electron chi connectivity index (χ1n) is 7.07. The minimum absolute atomic E-state index is 0.547. The Morgan fingerprint density at radius 3 is 2.83 bits per heavy atom. The highest BCUT2D eigenvalue weighted by Gasteiger charge is 2.15. The van der Waals surface area contributed by atoms with Gasteiger partial charge < -0.3 is 4.74 Å². The number of aryl methyl sites for hydroxylation is 2. The molecule has 4 aromatic rings. The van der Waals surface area contributed by atoms with Crippen molar-refractivity contribution in [1.29, 1.82) is 0 Å². The molecule has 0 aliphatic rings. The fraction of sp³-hybridized carbons (Fsp3) is 0.118. The summed E-state index contributed by atoms with van der Waals surface area (Å²) in [5.41, 5.74) is 1.86. The summed E-state index contributed by atoms with van der Waals surface area (Å²) in [7, 11) is 0. The average Bonchev–Trinajstić information content (AvgIpc) is 2.86. The third-order valence-corrected chi connectivity index (χ3v) is 5.26. The molecule has 0 fully saturated rings. The predicted molar refractivity (Wildman–Crippen MR) is 93.7 cm³/mol. The molecule has 0 atom stereocenters. The first kappa shape index (κ1) is 14.4. The molecule has 6 heteroatoms. The summed E-state index contributed by atoms with van der Waals surface area (Å²) in [6.07, 6.45) is 3.25. The van der Waals surface area contributed by atoms with E-state index >= 15 is 0 Å². The van der Waals surface area contributed by atoms with E-state index in [0.717, 1.165) is 26.7 Å². The summed E-state index contributed by atoms with van der Waals surface area (Å²) in [6, 6.07) is 7.41. The van der Waals surface area contributed by atoms with Gasteiger partial charge >= 0.3 is 0 Å². The van der Waals surface area contributed by atoms with Crippen molar-refractivity contribution in [2.45, 2.75) is 13.8 Å². The van der Waals surface area contributed by atoms with Gasteiger partial charge in [0.05, 0.1) is 10.4 Å². The van der Waals surface area contributed by atoms with Crippen molar-refractivity contribution in [3.05, 3.63) is 52.3 Å². The van der Waals surface area contributed by atoms with E-state index in [1.165, 1.54) is 11.2 Å². The topological polar surface area (TPSA) is 47.9 Å². The van der Waals surface area contributed by atoms with Crippen LogP contribution in [0.4, 0.5) is 0 Å². The predicted octanol–water partition coefficient (Wildman–Crippen LogP) is 5.30. The van der Waals surface area contributed by atoms with Gasteiger partial charge in [0.1, 0.15) is 16.7 Å². The molecule has 3 aromatic heterocycles. The summed E-state index contributed by atoms with van der Waals surface area (Å²) >= 11 is 7.88. The minimum atomic E-state index is 0.547. The zero-order valence-electron chi connectivity index (χ0n) is 12.5. The van der Waals surface area contributed by atoms with Crippen LogP contribution in [0.1, 0.15) is 10.4 Å². The minimum Gasteiger partial charge on any atom is -0.436 e.